The minimum absolute atomic E-state index is 0.0876. The molecule has 146 valence electrons. The number of aromatic nitrogens is 4. The van der Waals surface area contributed by atoms with Crippen LogP contribution in [0.5, 0.6) is 0 Å². The molecule has 0 unspecified atom stereocenters. The summed E-state index contributed by atoms with van der Waals surface area (Å²) in [5.74, 6) is 1.13. The van der Waals surface area contributed by atoms with Crippen LogP contribution in [-0.2, 0) is 13.0 Å². The van der Waals surface area contributed by atoms with E-state index in [0.29, 0.717) is 0 Å². The predicted molar refractivity (Wildman–Crippen MR) is 115 cm³/mol. The Labute approximate surface area is 173 Å². The Hall–Kier alpha value is -2.86. The Balaban J connectivity index is 1.54. The van der Waals surface area contributed by atoms with E-state index in [-0.39, 0.29) is 11.0 Å². The number of aromatic amines is 1. The fourth-order valence-electron chi connectivity index (χ4n) is 3.97. The maximum absolute atomic E-state index is 13.7. The number of aryl methyl sites for hydroxylation is 1. The van der Waals surface area contributed by atoms with Gasteiger partial charge in [-0.3, -0.25) is 4.79 Å². The van der Waals surface area contributed by atoms with Gasteiger partial charge in [0.1, 0.15) is 11.1 Å². The number of Topliss-reactive ketones (excluding diaryl/α,β-unsaturated/α-hetero) is 1. The van der Waals surface area contributed by atoms with E-state index in [1.54, 1.807) is 0 Å². The van der Waals surface area contributed by atoms with E-state index in [1.807, 2.05) is 60.8 Å². The SMILES string of the molecule is O=C(c1c[nH]c2ccccc12)[C@@H](Sc1nnc2n1CCCCC2)c1ccccc1. The zero-order chi connectivity index (χ0) is 19.6. The number of hydrogen-bond donors (Lipinski definition) is 1. The average Bonchev–Trinajstić information content (AvgIpc) is 3.28. The van der Waals surface area contributed by atoms with E-state index in [9.17, 15) is 4.79 Å². The molecule has 1 atom stereocenters. The van der Waals surface area contributed by atoms with Gasteiger partial charge in [-0.25, -0.2) is 0 Å². The number of hydrogen-bond acceptors (Lipinski definition) is 4. The van der Waals surface area contributed by atoms with E-state index >= 15 is 0 Å². The van der Waals surface area contributed by atoms with Gasteiger partial charge in [-0.2, -0.15) is 0 Å². The van der Waals surface area contributed by atoms with E-state index in [2.05, 4.69) is 19.7 Å². The lowest BCUT2D eigenvalue weighted by Crippen LogP contribution is -2.11. The van der Waals surface area contributed by atoms with Gasteiger partial charge < -0.3 is 9.55 Å². The number of thioether (sulfide) groups is 1. The molecule has 1 aliphatic heterocycles. The van der Waals surface area contributed by atoms with Crippen LogP contribution in [0.3, 0.4) is 0 Å². The number of ketones is 1. The first kappa shape index (κ1) is 18.2. The lowest BCUT2D eigenvalue weighted by atomic mass is 10.0. The van der Waals surface area contributed by atoms with Crippen molar-refractivity contribution in [1.82, 2.24) is 19.7 Å². The smallest absolute Gasteiger partial charge is 0.192 e. The molecule has 5 nitrogen and oxygen atoms in total. The fraction of sp³-hybridized carbons (Fsp3) is 0.261. The Bertz CT molecular complexity index is 1150. The largest absolute Gasteiger partial charge is 0.360 e. The summed E-state index contributed by atoms with van der Waals surface area (Å²) in [6.07, 6.45) is 6.28. The highest BCUT2D eigenvalue weighted by molar-refractivity contribution is 8.00. The number of nitrogens with one attached hydrogen (secondary N) is 1. The molecular weight excluding hydrogens is 380 g/mol. The summed E-state index contributed by atoms with van der Waals surface area (Å²) >= 11 is 1.51. The summed E-state index contributed by atoms with van der Waals surface area (Å²) < 4.78 is 2.20. The average molecular weight is 403 g/mol. The lowest BCUT2D eigenvalue weighted by molar-refractivity contribution is 0.0991. The molecule has 6 heteroatoms. The van der Waals surface area contributed by atoms with Crippen molar-refractivity contribution >= 4 is 28.4 Å². The van der Waals surface area contributed by atoms with Crippen molar-refractivity contribution in [3.63, 3.8) is 0 Å². The second-order valence-corrected chi connectivity index (χ2v) is 8.45. The standard InChI is InChI=1S/C23H22N4OS/c28-21(18-15-24-19-12-7-6-11-17(18)19)22(16-9-3-1-4-10-16)29-23-26-25-20-13-5-2-8-14-27(20)23/h1,3-4,6-7,9-12,15,22,24H,2,5,8,13-14H2/t22-/m0/s1. The first-order valence-electron chi connectivity index (χ1n) is 10.1. The van der Waals surface area contributed by atoms with Gasteiger partial charge >= 0.3 is 0 Å². The second-order valence-electron chi connectivity index (χ2n) is 7.38. The normalized spacial score (nSPS) is 15.0. The zero-order valence-electron chi connectivity index (χ0n) is 16.0. The Morgan fingerprint density at radius 3 is 2.72 bits per heavy atom. The van der Waals surface area contributed by atoms with Crippen LogP contribution < -0.4 is 0 Å². The molecule has 0 radical (unpaired) electrons. The highest BCUT2D eigenvalue weighted by Gasteiger charge is 2.28. The Kier molecular flexibility index (Phi) is 4.94. The van der Waals surface area contributed by atoms with Gasteiger partial charge in [0.25, 0.3) is 0 Å². The molecule has 3 heterocycles. The van der Waals surface area contributed by atoms with Gasteiger partial charge in [0.2, 0.25) is 0 Å². The van der Waals surface area contributed by atoms with Crippen molar-refractivity contribution < 1.29 is 4.79 Å². The fourth-order valence-corrected chi connectivity index (χ4v) is 5.12. The van der Waals surface area contributed by atoms with Crippen molar-refractivity contribution in [1.29, 1.82) is 0 Å². The highest BCUT2D eigenvalue weighted by Crippen LogP contribution is 2.39. The molecule has 0 bridgehead atoms. The minimum Gasteiger partial charge on any atom is -0.360 e. The first-order chi connectivity index (χ1) is 14.3. The molecule has 2 aromatic carbocycles. The second kappa shape index (κ2) is 7.87. The molecule has 0 amide bonds. The third kappa shape index (κ3) is 3.49. The summed E-state index contributed by atoms with van der Waals surface area (Å²) in [5, 5.41) is 10.3. The van der Waals surface area contributed by atoms with Crippen LogP contribution in [0.25, 0.3) is 10.9 Å². The van der Waals surface area contributed by atoms with Gasteiger partial charge in [-0.1, -0.05) is 66.7 Å². The quantitative estimate of drug-likeness (QED) is 0.368. The van der Waals surface area contributed by atoms with E-state index in [4.69, 9.17) is 0 Å². The van der Waals surface area contributed by atoms with Gasteiger partial charge in [-0.05, 0) is 24.5 Å². The maximum Gasteiger partial charge on any atom is 0.192 e. The predicted octanol–water partition coefficient (Wildman–Crippen LogP) is 5.20. The molecule has 5 rings (SSSR count). The van der Waals surface area contributed by atoms with Crippen LogP contribution in [0.1, 0.15) is 46.3 Å². The number of H-pyrrole nitrogens is 1. The van der Waals surface area contributed by atoms with Gasteiger partial charge in [0, 0.05) is 35.6 Å². The van der Waals surface area contributed by atoms with Crippen molar-refractivity contribution in [2.75, 3.05) is 0 Å². The van der Waals surface area contributed by atoms with Crippen LogP contribution >= 0.6 is 11.8 Å². The Morgan fingerprint density at radius 2 is 1.83 bits per heavy atom. The van der Waals surface area contributed by atoms with Gasteiger partial charge in [0.15, 0.2) is 10.9 Å². The minimum atomic E-state index is -0.369. The molecule has 1 N–H and O–H groups in total. The van der Waals surface area contributed by atoms with Crippen molar-refractivity contribution in [2.24, 2.45) is 0 Å². The molecular formula is C23H22N4OS. The molecule has 0 saturated heterocycles. The van der Waals surface area contributed by atoms with Gasteiger partial charge in [-0.15, -0.1) is 10.2 Å². The van der Waals surface area contributed by atoms with Crippen LogP contribution in [0, 0.1) is 0 Å². The third-order valence-corrected chi connectivity index (χ3v) is 6.73. The Morgan fingerprint density at radius 1 is 1.00 bits per heavy atom. The first-order valence-corrected chi connectivity index (χ1v) is 10.9. The maximum atomic E-state index is 13.7. The van der Waals surface area contributed by atoms with Crippen LogP contribution in [0.2, 0.25) is 0 Å². The molecule has 29 heavy (non-hydrogen) atoms. The van der Waals surface area contributed by atoms with Crippen LogP contribution in [-0.4, -0.2) is 25.5 Å². The number of carbonyl (C=O) groups is 1. The topological polar surface area (TPSA) is 63.6 Å². The molecule has 0 aliphatic carbocycles. The highest BCUT2D eigenvalue weighted by atomic mass is 32.2. The van der Waals surface area contributed by atoms with Crippen molar-refractivity contribution in [3.05, 3.63) is 77.7 Å². The molecule has 0 fully saturated rings. The van der Waals surface area contributed by atoms with E-state index in [0.717, 1.165) is 58.8 Å². The number of benzene rings is 2. The van der Waals surface area contributed by atoms with Gasteiger partial charge in [0.05, 0.1) is 0 Å². The third-order valence-electron chi connectivity index (χ3n) is 5.49. The zero-order valence-corrected chi connectivity index (χ0v) is 16.9. The van der Waals surface area contributed by atoms with Crippen molar-refractivity contribution in [2.45, 2.75) is 42.6 Å². The van der Waals surface area contributed by atoms with Crippen LogP contribution in [0.4, 0.5) is 0 Å². The van der Waals surface area contributed by atoms with Crippen LogP contribution in [0.15, 0.2) is 66.0 Å². The molecule has 2 aromatic heterocycles. The molecule has 0 saturated carbocycles. The summed E-state index contributed by atoms with van der Waals surface area (Å²) in [5.41, 5.74) is 2.68. The van der Waals surface area contributed by atoms with E-state index < -0.39 is 0 Å². The molecule has 0 spiro atoms. The molecule has 1 aliphatic rings. The monoisotopic (exact) mass is 402 g/mol. The van der Waals surface area contributed by atoms with Crippen molar-refractivity contribution in [3.8, 4) is 0 Å². The number of para-hydroxylation sites is 1. The number of nitrogens with zero attached hydrogens (tertiary/aromatic N) is 3. The summed E-state index contributed by atoms with van der Waals surface area (Å²) in [6, 6.07) is 17.9. The number of rotatable bonds is 5. The lowest BCUT2D eigenvalue weighted by Gasteiger charge is -2.16. The van der Waals surface area contributed by atoms with E-state index in [1.165, 1.54) is 18.2 Å². The summed E-state index contributed by atoms with van der Waals surface area (Å²) in [6.45, 7) is 0.924. The summed E-state index contributed by atoms with van der Waals surface area (Å²) in [4.78, 5) is 16.9. The summed E-state index contributed by atoms with van der Waals surface area (Å²) in [7, 11) is 0. The number of fused-ring (bicyclic) bond motifs is 2. The number of carbonyl (C=O) groups excluding carboxylic acids is 1. The molecule has 4 aromatic rings.